The van der Waals surface area contributed by atoms with Crippen LogP contribution in [0.4, 0.5) is 36.8 Å². The molecular formula is C13H11F6N3O2. The van der Waals surface area contributed by atoms with Gasteiger partial charge in [-0.1, -0.05) is 0 Å². The standard InChI is InChI=1S/C13H11F6N3O2/c14-12(15,16)7-3-8(13(17,18)19)5-9(4-7)21-6-10(23)22-2-1-20-11(22)24/h3-5,21H,1-2,6H2,(H,20,24). The van der Waals surface area contributed by atoms with Crippen molar-refractivity contribution in [2.24, 2.45) is 0 Å². The van der Waals surface area contributed by atoms with Gasteiger partial charge in [0.15, 0.2) is 0 Å². The summed E-state index contributed by atoms with van der Waals surface area (Å²) in [6, 6.07) is 0.252. The Hall–Kier alpha value is -2.46. The van der Waals surface area contributed by atoms with E-state index < -0.39 is 47.6 Å². The number of nitrogens with one attached hydrogen (secondary N) is 2. The van der Waals surface area contributed by atoms with Crippen LogP contribution in [0.1, 0.15) is 11.1 Å². The van der Waals surface area contributed by atoms with E-state index in [0.717, 1.165) is 4.90 Å². The highest BCUT2D eigenvalue weighted by molar-refractivity contribution is 5.97. The number of nitrogens with zero attached hydrogens (tertiary/aromatic N) is 1. The van der Waals surface area contributed by atoms with Crippen molar-refractivity contribution >= 4 is 17.6 Å². The number of hydrogen-bond donors (Lipinski definition) is 2. The third kappa shape index (κ3) is 4.09. The maximum absolute atomic E-state index is 12.7. The van der Waals surface area contributed by atoms with Gasteiger partial charge < -0.3 is 10.6 Å². The van der Waals surface area contributed by atoms with Gasteiger partial charge in [-0.2, -0.15) is 26.3 Å². The van der Waals surface area contributed by atoms with Gasteiger partial charge in [0, 0.05) is 18.8 Å². The largest absolute Gasteiger partial charge is 0.416 e. The lowest BCUT2D eigenvalue weighted by molar-refractivity contribution is -0.143. The topological polar surface area (TPSA) is 61.4 Å². The Bertz CT molecular complexity index is 624. The number of halogens is 6. The van der Waals surface area contributed by atoms with Crippen LogP contribution in [-0.4, -0.2) is 36.5 Å². The molecule has 1 heterocycles. The van der Waals surface area contributed by atoms with Crippen LogP contribution in [0.3, 0.4) is 0 Å². The molecule has 24 heavy (non-hydrogen) atoms. The summed E-state index contributed by atoms with van der Waals surface area (Å²) in [5, 5.41) is 4.54. The van der Waals surface area contributed by atoms with Crippen LogP contribution in [0.5, 0.6) is 0 Å². The highest BCUT2D eigenvalue weighted by Crippen LogP contribution is 2.37. The van der Waals surface area contributed by atoms with Crippen molar-refractivity contribution in [3.63, 3.8) is 0 Å². The average molecular weight is 355 g/mol. The molecule has 3 amide bonds. The molecule has 0 spiro atoms. The van der Waals surface area contributed by atoms with Crippen LogP contribution >= 0.6 is 0 Å². The summed E-state index contributed by atoms with van der Waals surface area (Å²) in [5.41, 5.74) is -3.51. The van der Waals surface area contributed by atoms with Gasteiger partial charge in [-0.15, -0.1) is 0 Å². The molecular weight excluding hydrogens is 344 g/mol. The van der Waals surface area contributed by atoms with Crippen LogP contribution in [-0.2, 0) is 17.1 Å². The van der Waals surface area contributed by atoms with E-state index in [-0.39, 0.29) is 19.2 Å². The van der Waals surface area contributed by atoms with E-state index >= 15 is 0 Å². The zero-order valence-corrected chi connectivity index (χ0v) is 11.9. The number of amides is 3. The Morgan fingerprint density at radius 2 is 1.62 bits per heavy atom. The maximum Gasteiger partial charge on any atom is 0.416 e. The molecule has 0 radical (unpaired) electrons. The molecule has 132 valence electrons. The number of carbonyl (C=O) groups excluding carboxylic acids is 2. The molecule has 1 aliphatic heterocycles. The lowest BCUT2D eigenvalue weighted by Gasteiger charge is -2.16. The summed E-state index contributed by atoms with van der Waals surface area (Å²) in [5.74, 6) is -0.768. The Morgan fingerprint density at radius 1 is 1.08 bits per heavy atom. The summed E-state index contributed by atoms with van der Waals surface area (Å²) < 4.78 is 76.3. The van der Waals surface area contributed by atoms with Crippen LogP contribution in [0.2, 0.25) is 0 Å². The molecule has 2 rings (SSSR count). The molecule has 1 saturated heterocycles. The van der Waals surface area contributed by atoms with Gasteiger partial charge in [0.2, 0.25) is 5.91 Å². The lowest BCUT2D eigenvalue weighted by Crippen LogP contribution is -2.38. The van der Waals surface area contributed by atoms with Crippen molar-refractivity contribution in [2.75, 3.05) is 25.0 Å². The van der Waals surface area contributed by atoms with Crippen molar-refractivity contribution < 1.29 is 35.9 Å². The first-order chi connectivity index (χ1) is 11.0. The monoisotopic (exact) mass is 355 g/mol. The smallest absolute Gasteiger partial charge is 0.376 e. The third-order valence-electron chi connectivity index (χ3n) is 3.19. The molecule has 1 aromatic carbocycles. The lowest BCUT2D eigenvalue weighted by atomic mass is 10.1. The minimum atomic E-state index is -4.98. The van der Waals surface area contributed by atoms with Crippen LogP contribution < -0.4 is 10.6 Å². The van der Waals surface area contributed by atoms with Crippen molar-refractivity contribution in [2.45, 2.75) is 12.4 Å². The number of alkyl halides is 6. The predicted octanol–water partition coefficient (Wildman–Crippen LogP) is 2.69. The summed E-state index contributed by atoms with van der Waals surface area (Å²) in [7, 11) is 0. The first-order valence-electron chi connectivity index (χ1n) is 6.60. The second-order valence-corrected chi connectivity index (χ2v) is 4.93. The summed E-state index contributed by atoms with van der Waals surface area (Å²) >= 11 is 0. The molecule has 0 unspecified atom stereocenters. The first-order valence-corrected chi connectivity index (χ1v) is 6.60. The van der Waals surface area contributed by atoms with Gasteiger partial charge in [-0.3, -0.25) is 9.69 Å². The average Bonchev–Trinajstić information content (AvgIpc) is 2.89. The predicted molar refractivity (Wildman–Crippen MR) is 70.0 cm³/mol. The third-order valence-corrected chi connectivity index (χ3v) is 3.19. The number of rotatable bonds is 3. The van der Waals surface area contributed by atoms with E-state index in [1.54, 1.807) is 0 Å². The highest BCUT2D eigenvalue weighted by atomic mass is 19.4. The quantitative estimate of drug-likeness (QED) is 0.820. The normalized spacial score (nSPS) is 15.4. The second-order valence-electron chi connectivity index (χ2n) is 4.93. The van der Waals surface area contributed by atoms with Crippen molar-refractivity contribution in [1.82, 2.24) is 10.2 Å². The number of imide groups is 1. The molecule has 2 N–H and O–H groups in total. The molecule has 0 bridgehead atoms. The molecule has 5 nitrogen and oxygen atoms in total. The van der Waals surface area contributed by atoms with E-state index in [2.05, 4.69) is 10.6 Å². The van der Waals surface area contributed by atoms with Gasteiger partial charge in [0.05, 0.1) is 17.7 Å². The van der Waals surface area contributed by atoms with E-state index in [4.69, 9.17) is 0 Å². The molecule has 1 aliphatic rings. The highest BCUT2D eigenvalue weighted by Gasteiger charge is 2.37. The summed E-state index contributed by atoms with van der Waals surface area (Å²) in [6.07, 6.45) is -9.95. The van der Waals surface area contributed by atoms with Crippen LogP contribution in [0.25, 0.3) is 0 Å². The van der Waals surface area contributed by atoms with E-state index in [9.17, 15) is 35.9 Å². The fraction of sp³-hybridized carbons (Fsp3) is 0.385. The Labute approximate surface area is 131 Å². The molecule has 0 aromatic heterocycles. The van der Waals surface area contributed by atoms with Gasteiger partial charge in [0.25, 0.3) is 0 Å². The van der Waals surface area contributed by atoms with E-state index in [1.807, 2.05) is 0 Å². The Morgan fingerprint density at radius 3 is 2.04 bits per heavy atom. The molecule has 0 saturated carbocycles. The number of urea groups is 1. The van der Waals surface area contributed by atoms with E-state index in [1.165, 1.54) is 0 Å². The number of anilines is 1. The zero-order chi connectivity index (χ0) is 18.1. The molecule has 11 heteroatoms. The molecule has 0 atom stereocenters. The number of benzene rings is 1. The van der Waals surface area contributed by atoms with Crippen molar-refractivity contribution in [1.29, 1.82) is 0 Å². The van der Waals surface area contributed by atoms with Crippen LogP contribution in [0.15, 0.2) is 18.2 Å². The number of carbonyl (C=O) groups is 2. The first kappa shape index (κ1) is 17.9. The minimum absolute atomic E-state index is 0.0130. The van der Waals surface area contributed by atoms with Gasteiger partial charge in [-0.25, -0.2) is 4.79 Å². The molecule has 1 fully saturated rings. The van der Waals surface area contributed by atoms with Crippen molar-refractivity contribution in [3.8, 4) is 0 Å². The fourth-order valence-electron chi connectivity index (χ4n) is 2.04. The Balaban J connectivity index is 2.20. The zero-order valence-electron chi connectivity index (χ0n) is 11.9. The summed E-state index contributed by atoms with van der Waals surface area (Å²) in [6.45, 7) is -0.311. The SMILES string of the molecule is O=C(CNc1cc(C(F)(F)F)cc(C(F)(F)F)c1)N1CCNC1=O. The Kier molecular flexibility index (Phi) is 4.63. The van der Waals surface area contributed by atoms with Gasteiger partial charge in [0.1, 0.15) is 0 Å². The van der Waals surface area contributed by atoms with E-state index in [0.29, 0.717) is 12.1 Å². The van der Waals surface area contributed by atoms with Crippen molar-refractivity contribution in [3.05, 3.63) is 29.3 Å². The number of hydrogen-bond acceptors (Lipinski definition) is 3. The second kappa shape index (κ2) is 6.21. The van der Waals surface area contributed by atoms with Gasteiger partial charge in [-0.05, 0) is 18.2 Å². The molecule has 1 aromatic rings. The maximum atomic E-state index is 12.7. The molecule has 0 aliphatic carbocycles. The van der Waals surface area contributed by atoms with Crippen LogP contribution in [0, 0.1) is 0 Å². The van der Waals surface area contributed by atoms with Gasteiger partial charge >= 0.3 is 18.4 Å². The summed E-state index contributed by atoms with van der Waals surface area (Å²) in [4.78, 5) is 23.8. The fourth-order valence-corrected chi connectivity index (χ4v) is 2.04. The minimum Gasteiger partial charge on any atom is -0.376 e.